The molecule has 0 atom stereocenters. The van der Waals surface area contributed by atoms with Gasteiger partial charge in [0, 0.05) is 6.26 Å². The molecule has 148 valence electrons. The standard InChI is InChI=1S/C20H15FN2O4S2/c1-29(25,26)18-11-10-16(27-18)19(24)23(12-13-6-8-14(21)9-7-13)20-22-15-4-2-3-5-17(15)28-20/h2-11H,12H2,1H3. The summed E-state index contributed by atoms with van der Waals surface area (Å²) < 4.78 is 42.8. The lowest BCUT2D eigenvalue weighted by molar-refractivity contribution is 0.0953. The number of halogens is 1. The summed E-state index contributed by atoms with van der Waals surface area (Å²) >= 11 is 1.32. The van der Waals surface area contributed by atoms with Crippen LogP contribution in [0.3, 0.4) is 0 Å². The van der Waals surface area contributed by atoms with Crippen molar-refractivity contribution >= 4 is 42.4 Å². The topological polar surface area (TPSA) is 80.5 Å². The fraction of sp³-hybridized carbons (Fsp3) is 0.100. The van der Waals surface area contributed by atoms with Crippen molar-refractivity contribution in [3.63, 3.8) is 0 Å². The number of nitrogens with zero attached hydrogens (tertiary/aromatic N) is 2. The highest BCUT2D eigenvalue weighted by molar-refractivity contribution is 7.90. The molecule has 2 heterocycles. The number of benzene rings is 2. The molecule has 0 aliphatic rings. The Hall–Kier alpha value is -3.04. The SMILES string of the molecule is CS(=O)(=O)c1ccc(C(=O)N(Cc2ccc(F)cc2)c2nc3ccccc3s2)o1. The molecule has 6 nitrogen and oxygen atoms in total. The summed E-state index contributed by atoms with van der Waals surface area (Å²) in [6.45, 7) is 0.119. The smallest absolute Gasteiger partial charge is 0.296 e. The van der Waals surface area contributed by atoms with Crippen LogP contribution in [-0.4, -0.2) is 25.6 Å². The average molecular weight is 430 g/mol. The summed E-state index contributed by atoms with van der Waals surface area (Å²) in [5, 5.41) is 0.143. The summed E-state index contributed by atoms with van der Waals surface area (Å²) in [4.78, 5) is 19.1. The third-order valence-corrected chi connectivity index (χ3v) is 6.18. The lowest BCUT2D eigenvalue weighted by Crippen LogP contribution is -2.30. The van der Waals surface area contributed by atoms with Crippen molar-refractivity contribution in [3.05, 3.63) is 77.8 Å². The number of hydrogen-bond acceptors (Lipinski definition) is 6. The first kappa shape index (κ1) is 19.3. The van der Waals surface area contributed by atoms with Gasteiger partial charge in [-0.25, -0.2) is 17.8 Å². The molecule has 9 heteroatoms. The summed E-state index contributed by atoms with van der Waals surface area (Å²) in [5.74, 6) is -1.04. The molecular formula is C20H15FN2O4S2. The van der Waals surface area contributed by atoms with Gasteiger partial charge in [0.15, 0.2) is 10.9 Å². The molecule has 0 aliphatic carbocycles. The van der Waals surface area contributed by atoms with Crippen molar-refractivity contribution in [2.75, 3.05) is 11.2 Å². The van der Waals surface area contributed by atoms with Gasteiger partial charge in [0.05, 0.1) is 16.8 Å². The van der Waals surface area contributed by atoms with Crippen molar-refractivity contribution in [1.29, 1.82) is 0 Å². The van der Waals surface area contributed by atoms with Gasteiger partial charge in [0.25, 0.3) is 5.91 Å². The zero-order chi connectivity index (χ0) is 20.6. The molecular weight excluding hydrogens is 415 g/mol. The quantitative estimate of drug-likeness (QED) is 0.472. The summed E-state index contributed by atoms with van der Waals surface area (Å²) in [5.41, 5.74) is 1.43. The number of para-hydroxylation sites is 1. The Labute approximate surface area is 170 Å². The molecule has 0 unspecified atom stereocenters. The number of carbonyl (C=O) groups is 1. The second-order valence-corrected chi connectivity index (χ2v) is 9.33. The van der Waals surface area contributed by atoms with Crippen LogP contribution in [0.5, 0.6) is 0 Å². The third-order valence-electron chi connectivity index (χ3n) is 4.17. The fourth-order valence-electron chi connectivity index (χ4n) is 2.74. The van der Waals surface area contributed by atoms with Crippen molar-refractivity contribution in [2.24, 2.45) is 0 Å². The van der Waals surface area contributed by atoms with Gasteiger partial charge < -0.3 is 4.42 Å². The number of fused-ring (bicyclic) bond motifs is 1. The first-order chi connectivity index (χ1) is 13.8. The van der Waals surface area contributed by atoms with Crippen LogP contribution < -0.4 is 4.90 Å². The van der Waals surface area contributed by atoms with E-state index in [9.17, 15) is 17.6 Å². The molecule has 0 saturated heterocycles. The highest BCUT2D eigenvalue weighted by atomic mass is 32.2. The number of hydrogen-bond donors (Lipinski definition) is 0. The number of anilines is 1. The van der Waals surface area contributed by atoms with E-state index in [0.29, 0.717) is 10.7 Å². The second-order valence-electron chi connectivity index (χ2n) is 6.37. The fourth-order valence-corrected chi connectivity index (χ4v) is 4.26. The normalized spacial score (nSPS) is 11.7. The summed E-state index contributed by atoms with van der Waals surface area (Å²) in [6.07, 6.45) is 1.00. The molecule has 2 aromatic heterocycles. The number of aromatic nitrogens is 1. The van der Waals surface area contributed by atoms with Crippen LogP contribution >= 0.6 is 11.3 Å². The summed E-state index contributed by atoms with van der Waals surface area (Å²) in [7, 11) is -3.58. The van der Waals surface area contributed by atoms with E-state index < -0.39 is 15.7 Å². The van der Waals surface area contributed by atoms with Gasteiger partial charge in [-0.05, 0) is 42.0 Å². The number of carbonyl (C=O) groups excluding carboxylic acids is 1. The van der Waals surface area contributed by atoms with Crippen molar-refractivity contribution < 1.29 is 22.0 Å². The molecule has 0 bridgehead atoms. The van der Waals surface area contributed by atoms with Gasteiger partial charge in [-0.1, -0.05) is 35.6 Å². The predicted molar refractivity (Wildman–Crippen MR) is 108 cm³/mol. The van der Waals surface area contributed by atoms with E-state index >= 15 is 0 Å². The van der Waals surface area contributed by atoms with E-state index in [0.717, 1.165) is 16.5 Å². The van der Waals surface area contributed by atoms with Gasteiger partial charge in [0.2, 0.25) is 14.9 Å². The molecule has 29 heavy (non-hydrogen) atoms. The van der Waals surface area contributed by atoms with E-state index in [1.54, 1.807) is 12.1 Å². The maximum absolute atomic E-state index is 13.3. The van der Waals surface area contributed by atoms with Gasteiger partial charge in [-0.15, -0.1) is 0 Å². The Morgan fingerprint density at radius 3 is 2.48 bits per heavy atom. The Balaban J connectivity index is 1.75. The largest absolute Gasteiger partial charge is 0.440 e. The Morgan fingerprint density at radius 2 is 1.83 bits per heavy atom. The molecule has 0 spiro atoms. The highest BCUT2D eigenvalue weighted by Crippen LogP contribution is 2.31. The first-order valence-corrected chi connectivity index (χ1v) is 11.2. The van der Waals surface area contributed by atoms with Crippen molar-refractivity contribution in [3.8, 4) is 0 Å². The third kappa shape index (κ3) is 4.06. The van der Waals surface area contributed by atoms with Crippen LogP contribution in [0.1, 0.15) is 16.1 Å². The Morgan fingerprint density at radius 1 is 1.10 bits per heavy atom. The first-order valence-electron chi connectivity index (χ1n) is 8.53. The van der Waals surface area contributed by atoms with Gasteiger partial charge in [-0.3, -0.25) is 9.69 Å². The Kier molecular flexibility index (Phi) is 4.93. The molecule has 0 radical (unpaired) electrons. The van der Waals surface area contributed by atoms with Crippen LogP contribution in [0, 0.1) is 5.82 Å². The van der Waals surface area contributed by atoms with E-state index in [-0.39, 0.29) is 23.2 Å². The molecule has 0 saturated carbocycles. The molecule has 4 rings (SSSR count). The lowest BCUT2D eigenvalue weighted by atomic mass is 10.2. The maximum Gasteiger partial charge on any atom is 0.296 e. The minimum Gasteiger partial charge on any atom is -0.440 e. The Bertz CT molecular complexity index is 1260. The van der Waals surface area contributed by atoms with Gasteiger partial charge in [-0.2, -0.15) is 0 Å². The van der Waals surface area contributed by atoms with E-state index in [1.165, 1.54) is 40.5 Å². The number of amides is 1. The molecule has 4 aromatic rings. The molecule has 1 amide bonds. The maximum atomic E-state index is 13.3. The van der Waals surface area contributed by atoms with E-state index in [2.05, 4.69) is 4.98 Å². The van der Waals surface area contributed by atoms with Crippen LogP contribution in [0.2, 0.25) is 0 Å². The van der Waals surface area contributed by atoms with Crippen molar-refractivity contribution in [1.82, 2.24) is 4.98 Å². The molecule has 2 aromatic carbocycles. The zero-order valence-corrected chi connectivity index (χ0v) is 16.8. The minimum atomic E-state index is -3.58. The molecule has 0 aliphatic heterocycles. The monoisotopic (exact) mass is 430 g/mol. The zero-order valence-electron chi connectivity index (χ0n) is 15.2. The van der Waals surface area contributed by atoms with E-state index in [4.69, 9.17) is 4.42 Å². The number of thiazole rings is 1. The number of furan rings is 1. The highest BCUT2D eigenvalue weighted by Gasteiger charge is 2.26. The second kappa shape index (κ2) is 7.41. The van der Waals surface area contributed by atoms with Gasteiger partial charge >= 0.3 is 0 Å². The van der Waals surface area contributed by atoms with Crippen LogP contribution in [-0.2, 0) is 16.4 Å². The summed E-state index contributed by atoms with van der Waals surface area (Å²) in [6, 6.07) is 15.8. The van der Waals surface area contributed by atoms with Crippen LogP contribution in [0.15, 0.2) is 70.2 Å². The predicted octanol–water partition coefficient (Wildman–Crippen LogP) is 4.28. The number of sulfone groups is 1. The van der Waals surface area contributed by atoms with E-state index in [1.807, 2.05) is 24.3 Å². The van der Waals surface area contributed by atoms with Crippen LogP contribution in [0.25, 0.3) is 10.2 Å². The molecule has 0 fully saturated rings. The minimum absolute atomic E-state index is 0.119. The van der Waals surface area contributed by atoms with Gasteiger partial charge in [0.1, 0.15) is 5.82 Å². The average Bonchev–Trinajstić information content (AvgIpc) is 3.34. The number of rotatable bonds is 5. The van der Waals surface area contributed by atoms with Crippen molar-refractivity contribution in [2.45, 2.75) is 11.6 Å². The lowest BCUT2D eigenvalue weighted by Gasteiger charge is -2.18. The molecule has 0 N–H and O–H groups in total. The van der Waals surface area contributed by atoms with Crippen LogP contribution in [0.4, 0.5) is 9.52 Å².